The van der Waals surface area contributed by atoms with Crippen LogP contribution in [0.15, 0.2) is 40.8 Å². The summed E-state index contributed by atoms with van der Waals surface area (Å²) in [6.07, 6.45) is -0.0517. The number of nitro benzene ring substituents is 1. The van der Waals surface area contributed by atoms with Crippen molar-refractivity contribution in [3.8, 4) is 11.3 Å². The Morgan fingerprint density at radius 3 is 2.65 bits per heavy atom. The van der Waals surface area contributed by atoms with Gasteiger partial charge in [-0.1, -0.05) is 12.1 Å². The predicted octanol–water partition coefficient (Wildman–Crippen LogP) is 1.73. The molecule has 4 N–H and O–H groups in total. The van der Waals surface area contributed by atoms with Crippen LogP contribution in [0.3, 0.4) is 0 Å². The highest BCUT2D eigenvalue weighted by Gasteiger charge is 2.19. The lowest BCUT2D eigenvalue weighted by molar-refractivity contribution is -0.384. The van der Waals surface area contributed by atoms with Gasteiger partial charge in [0.1, 0.15) is 11.5 Å². The van der Waals surface area contributed by atoms with Crippen LogP contribution in [0.4, 0.5) is 5.69 Å². The molecule has 1 amide bonds. The first-order valence-corrected chi connectivity index (χ1v) is 5.86. The number of hydrogen-bond acceptors (Lipinski definition) is 5. The van der Waals surface area contributed by atoms with Crippen LogP contribution in [0.1, 0.15) is 18.2 Å². The van der Waals surface area contributed by atoms with Crippen LogP contribution < -0.4 is 11.5 Å². The quantitative estimate of drug-likeness (QED) is 0.634. The van der Waals surface area contributed by atoms with Crippen molar-refractivity contribution in [2.45, 2.75) is 12.5 Å². The van der Waals surface area contributed by atoms with Crippen molar-refractivity contribution < 1.29 is 14.1 Å². The molecule has 0 aliphatic rings. The molecule has 1 heterocycles. The van der Waals surface area contributed by atoms with Crippen LogP contribution in [0.25, 0.3) is 11.3 Å². The van der Waals surface area contributed by atoms with Gasteiger partial charge in [-0.05, 0) is 18.2 Å². The summed E-state index contributed by atoms with van der Waals surface area (Å²) in [5.74, 6) is 0.144. The molecule has 0 fully saturated rings. The number of furan rings is 1. The van der Waals surface area contributed by atoms with Crippen molar-refractivity contribution in [2.24, 2.45) is 11.5 Å². The van der Waals surface area contributed by atoms with Crippen molar-refractivity contribution in [3.05, 3.63) is 52.3 Å². The third kappa shape index (κ3) is 2.83. The summed E-state index contributed by atoms with van der Waals surface area (Å²) in [5.41, 5.74) is 11.1. The van der Waals surface area contributed by atoms with Gasteiger partial charge in [0.15, 0.2) is 0 Å². The van der Waals surface area contributed by atoms with Gasteiger partial charge in [-0.25, -0.2) is 0 Å². The molecule has 0 saturated carbocycles. The van der Waals surface area contributed by atoms with Gasteiger partial charge in [0.05, 0.1) is 16.5 Å². The van der Waals surface area contributed by atoms with Gasteiger partial charge >= 0.3 is 0 Å². The second kappa shape index (κ2) is 5.54. The molecule has 0 saturated heterocycles. The lowest BCUT2D eigenvalue weighted by Gasteiger charge is -2.05. The molecule has 0 aliphatic carbocycles. The van der Waals surface area contributed by atoms with Crippen molar-refractivity contribution in [1.29, 1.82) is 0 Å². The Labute approximate surface area is 114 Å². The molecular weight excluding hydrogens is 262 g/mol. The van der Waals surface area contributed by atoms with Gasteiger partial charge in [-0.15, -0.1) is 0 Å². The average molecular weight is 275 g/mol. The Hall–Kier alpha value is -2.67. The third-order valence-electron chi connectivity index (χ3n) is 2.78. The zero-order valence-corrected chi connectivity index (χ0v) is 10.5. The van der Waals surface area contributed by atoms with Crippen LogP contribution in [-0.4, -0.2) is 10.8 Å². The summed E-state index contributed by atoms with van der Waals surface area (Å²) in [7, 11) is 0. The molecule has 7 heteroatoms. The third-order valence-corrected chi connectivity index (χ3v) is 2.78. The Kier molecular flexibility index (Phi) is 3.81. The van der Waals surface area contributed by atoms with Crippen LogP contribution in [0.5, 0.6) is 0 Å². The Morgan fingerprint density at radius 1 is 1.30 bits per heavy atom. The molecule has 1 atom stereocenters. The minimum absolute atomic E-state index is 0.0517. The van der Waals surface area contributed by atoms with E-state index >= 15 is 0 Å². The van der Waals surface area contributed by atoms with Crippen LogP contribution in [0, 0.1) is 10.1 Å². The standard InChI is InChI=1S/C13H13N3O4/c14-9(7-13(15)17)12-6-5-11(20-12)8-3-1-2-4-10(8)16(18)19/h1-6,9H,7,14H2,(H2,15,17). The first-order chi connectivity index (χ1) is 9.49. The Bertz CT molecular complexity index is 651. The monoisotopic (exact) mass is 275 g/mol. The van der Waals surface area contributed by atoms with Gasteiger partial charge in [0, 0.05) is 12.5 Å². The molecule has 1 unspecified atom stereocenters. The molecule has 0 radical (unpaired) electrons. The number of rotatable bonds is 5. The van der Waals surface area contributed by atoms with E-state index < -0.39 is 16.9 Å². The zero-order valence-electron chi connectivity index (χ0n) is 10.5. The maximum absolute atomic E-state index is 11.0. The van der Waals surface area contributed by atoms with Crippen molar-refractivity contribution >= 4 is 11.6 Å². The van der Waals surface area contributed by atoms with Gasteiger partial charge in [-0.2, -0.15) is 0 Å². The van der Waals surface area contributed by atoms with Crippen molar-refractivity contribution in [3.63, 3.8) is 0 Å². The highest BCUT2D eigenvalue weighted by Crippen LogP contribution is 2.32. The fraction of sp³-hybridized carbons (Fsp3) is 0.154. The largest absolute Gasteiger partial charge is 0.459 e. The number of carbonyl (C=O) groups is 1. The number of nitro groups is 1. The Morgan fingerprint density at radius 2 is 2.00 bits per heavy atom. The predicted molar refractivity (Wildman–Crippen MR) is 71.5 cm³/mol. The number of nitrogens with two attached hydrogens (primary N) is 2. The minimum Gasteiger partial charge on any atom is -0.459 e. The van der Waals surface area contributed by atoms with E-state index in [-0.39, 0.29) is 12.1 Å². The van der Waals surface area contributed by atoms with E-state index in [1.165, 1.54) is 6.07 Å². The number of nitrogens with zero attached hydrogens (tertiary/aromatic N) is 1. The highest BCUT2D eigenvalue weighted by atomic mass is 16.6. The number of primary amides is 1. The summed E-state index contributed by atoms with van der Waals surface area (Å²) < 4.78 is 5.49. The van der Waals surface area contributed by atoms with Gasteiger partial charge < -0.3 is 15.9 Å². The van der Waals surface area contributed by atoms with E-state index in [2.05, 4.69) is 0 Å². The molecule has 0 bridgehead atoms. The molecule has 1 aromatic carbocycles. The molecule has 2 rings (SSSR count). The van der Waals surface area contributed by atoms with E-state index in [0.717, 1.165) is 0 Å². The number of benzene rings is 1. The second-order valence-electron chi connectivity index (χ2n) is 4.25. The topological polar surface area (TPSA) is 125 Å². The normalized spacial score (nSPS) is 12.1. The smallest absolute Gasteiger partial charge is 0.280 e. The van der Waals surface area contributed by atoms with E-state index in [9.17, 15) is 14.9 Å². The first-order valence-electron chi connectivity index (χ1n) is 5.86. The molecule has 1 aromatic heterocycles. The lowest BCUT2D eigenvalue weighted by Crippen LogP contribution is -2.20. The van der Waals surface area contributed by atoms with Gasteiger partial charge in [0.25, 0.3) is 5.69 Å². The molecular formula is C13H13N3O4. The molecule has 7 nitrogen and oxygen atoms in total. The maximum atomic E-state index is 11.0. The lowest BCUT2D eigenvalue weighted by atomic mass is 10.1. The molecule has 0 spiro atoms. The Balaban J connectivity index is 2.34. The molecule has 104 valence electrons. The van der Waals surface area contributed by atoms with Crippen molar-refractivity contribution in [1.82, 2.24) is 0 Å². The van der Waals surface area contributed by atoms with Crippen LogP contribution in [0.2, 0.25) is 0 Å². The SMILES string of the molecule is NC(=O)CC(N)c1ccc(-c2ccccc2[N+](=O)[O-])o1. The number of amides is 1. The van der Waals surface area contributed by atoms with E-state index in [1.54, 1.807) is 30.3 Å². The van der Waals surface area contributed by atoms with Crippen LogP contribution >= 0.6 is 0 Å². The summed E-state index contributed by atoms with van der Waals surface area (Å²) in [5, 5.41) is 11.0. The first kappa shape index (κ1) is 13.8. The summed E-state index contributed by atoms with van der Waals surface area (Å²) in [4.78, 5) is 21.3. The number of para-hydroxylation sites is 1. The summed E-state index contributed by atoms with van der Waals surface area (Å²) in [6.45, 7) is 0. The van der Waals surface area contributed by atoms with E-state index in [1.807, 2.05) is 0 Å². The van der Waals surface area contributed by atoms with E-state index in [0.29, 0.717) is 17.1 Å². The summed E-state index contributed by atoms with van der Waals surface area (Å²) >= 11 is 0. The zero-order chi connectivity index (χ0) is 14.7. The minimum atomic E-state index is -0.663. The average Bonchev–Trinajstić information content (AvgIpc) is 2.87. The van der Waals surface area contributed by atoms with Gasteiger partial charge in [-0.3, -0.25) is 14.9 Å². The fourth-order valence-electron chi connectivity index (χ4n) is 1.86. The summed E-state index contributed by atoms with van der Waals surface area (Å²) in [6, 6.07) is 8.72. The van der Waals surface area contributed by atoms with Crippen molar-refractivity contribution in [2.75, 3.05) is 0 Å². The second-order valence-corrected chi connectivity index (χ2v) is 4.25. The number of hydrogen-bond donors (Lipinski definition) is 2. The molecule has 0 aliphatic heterocycles. The molecule has 20 heavy (non-hydrogen) atoms. The number of carbonyl (C=O) groups excluding carboxylic acids is 1. The molecule has 2 aromatic rings. The van der Waals surface area contributed by atoms with Crippen LogP contribution in [-0.2, 0) is 4.79 Å². The highest BCUT2D eigenvalue weighted by molar-refractivity contribution is 5.74. The van der Waals surface area contributed by atoms with Gasteiger partial charge in [0.2, 0.25) is 5.91 Å². The fourth-order valence-corrected chi connectivity index (χ4v) is 1.86. The van der Waals surface area contributed by atoms with E-state index in [4.69, 9.17) is 15.9 Å². The maximum Gasteiger partial charge on any atom is 0.280 e.